The topological polar surface area (TPSA) is 76.3 Å². The lowest BCUT2D eigenvalue weighted by Gasteiger charge is -2.33. The Balaban J connectivity index is 1.73. The predicted octanol–water partition coefficient (Wildman–Crippen LogP) is 3.37. The van der Waals surface area contributed by atoms with Gasteiger partial charge in [0, 0.05) is 32.4 Å². The summed E-state index contributed by atoms with van der Waals surface area (Å²) >= 11 is 0. The molecule has 0 saturated carbocycles. The molecule has 1 fully saturated rings. The van der Waals surface area contributed by atoms with Crippen LogP contribution in [0.1, 0.15) is 44.0 Å². The van der Waals surface area contributed by atoms with Crippen molar-refractivity contribution in [3.63, 3.8) is 0 Å². The van der Waals surface area contributed by atoms with E-state index in [1.54, 1.807) is 6.92 Å². The molecule has 0 spiro atoms. The molecule has 0 bridgehead atoms. The van der Waals surface area contributed by atoms with Crippen LogP contribution in [-0.4, -0.2) is 36.0 Å². The zero-order chi connectivity index (χ0) is 19.8. The molecule has 27 heavy (non-hydrogen) atoms. The van der Waals surface area contributed by atoms with Crippen LogP contribution in [0.5, 0.6) is 0 Å². The van der Waals surface area contributed by atoms with Crippen LogP contribution in [0.4, 0.5) is 8.78 Å². The molecule has 0 unspecified atom stereocenters. The van der Waals surface area contributed by atoms with Crippen molar-refractivity contribution >= 4 is 10.0 Å². The SMILES string of the molecule is Cc1ccc(S(=O)(=O)N2CCC(F)(c3nc(CC(C)C)no3)CC2)cc1F. The molecule has 0 radical (unpaired) electrons. The van der Waals surface area contributed by atoms with Crippen molar-refractivity contribution in [1.29, 1.82) is 0 Å². The van der Waals surface area contributed by atoms with Gasteiger partial charge in [-0.15, -0.1) is 0 Å². The largest absolute Gasteiger partial charge is 0.336 e. The summed E-state index contributed by atoms with van der Waals surface area (Å²) in [5.41, 5.74) is -1.49. The van der Waals surface area contributed by atoms with Crippen LogP contribution in [0, 0.1) is 18.7 Å². The van der Waals surface area contributed by atoms with E-state index in [0.717, 1.165) is 6.07 Å². The van der Waals surface area contributed by atoms with Gasteiger partial charge in [-0.05, 0) is 30.5 Å². The van der Waals surface area contributed by atoms with Crippen molar-refractivity contribution in [2.75, 3.05) is 13.1 Å². The maximum Gasteiger partial charge on any atom is 0.264 e. The number of nitrogens with zero attached hydrogens (tertiary/aromatic N) is 3. The number of hydrogen-bond donors (Lipinski definition) is 0. The van der Waals surface area contributed by atoms with E-state index in [1.807, 2.05) is 13.8 Å². The van der Waals surface area contributed by atoms with E-state index in [4.69, 9.17) is 4.52 Å². The second-order valence-corrected chi connectivity index (χ2v) is 9.33. The Morgan fingerprint density at radius 1 is 1.30 bits per heavy atom. The Morgan fingerprint density at radius 2 is 1.96 bits per heavy atom. The van der Waals surface area contributed by atoms with E-state index >= 15 is 4.39 Å². The Labute approximate surface area is 157 Å². The third kappa shape index (κ3) is 4.03. The van der Waals surface area contributed by atoms with E-state index in [9.17, 15) is 12.8 Å². The monoisotopic (exact) mass is 399 g/mol. The first kappa shape index (κ1) is 19.9. The van der Waals surface area contributed by atoms with Crippen molar-refractivity contribution < 1.29 is 21.7 Å². The fraction of sp³-hybridized carbons (Fsp3) is 0.556. The quantitative estimate of drug-likeness (QED) is 0.771. The molecule has 2 heterocycles. The number of halogens is 2. The Kier molecular flexibility index (Phi) is 5.36. The highest BCUT2D eigenvalue weighted by atomic mass is 32.2. The van der Waals surface area contributed by atoms with Crippen LogP contribution in [-0.2, 0) is 22.1 Å². The lowest BCUT2D eigenvalue weighted by atomic mass is 9.94. The molecule has 1 saturated heterocycles. The van der Waals surface area contributed by atoms with Crippen molar-refractivity contribution in [1.82, 2.24) is 14.4 Å². The fourth-order valence-corrected chi connectivity index (χ4v) is 4.52. The Morgan fingerprint density at radius 3 is 2.56 bits per heavy atom. The van der Waals surface area contributed by atoms with Gasteiger partial charge in [0.15, 0.2) is 11.5 Å². The minimum Gasteiger partial charge on any atom is -0.336 e. The van der Waals surface area contributed by atoms with E-state index in [0.29, 0.717) is 23.7 Å². The average Bonchev–Trinajstić information content (AvgIpc) is 3.06. The van der Waals surface area contributed by atoms with Crippen molar-refractivity contribution in [2.45, 2.75) is 50.6 Å². The molecule has 6 nitrogen and oxygen atoms in total. The molecule has 0 N–H and O–H groups in total. The molecular weight excluding hydrogens is 376 g/mol. The number of aromatic nitrogens is 2. The van der Waals surface area contributed by atoms with Gasteiger partial charge in [-0.2, -0.15) is 9.29 Å². The van der Waals surface area contributed by atoms with Crippen LogP contribution >= 0.6 is 0 Å². The van der Waals surface area contributed by atoms with Gasteiger partial charge in [-0.25, -0.2) is 17.2 Å². The minimum atomic E-state index is -3.88. The molecule has 0 aliphatic carbocycles. The van der Waals surface area contributed by atoms with Crippen LogP contribution in [0.25, 0.3) is 0 Å². The van der Waals surface area contributed by atoms with E-state index in [1.165, 1.54) is 16.4 Å². The molecule has 3 rings (SSSR count). The van der Waals surface area contributed by atoms with Gasteiger partial charge in [0.2, 0.25) is 10.0 Å². The first-order valence-corrected chi connectivity index (χ1v) is 10.3. The van der Waals surface area contributed by atoms with Crippen LogP contribution < -0.4 is 0 Å². The second kappa shape index (κ2) is 7.27. The number of benzene rings is 1. The summed E-state index contributed by atoms with van der Waals surface area (Å²) < 4.78 is 60.7. The molecule has 0 amide bonds. The predicted molar refractivity (Wildman–Crippen MR) is 94.8 cm³/mol. The molecule has 0 atom stereocenters. The van der Waals surface area contributed by atoms with E-state index in [-0.39, 0.29) is 36.7 Å². The first-order chi connectivity index (χ1) is 12.6. The van der Waals surface area contributed by atoms with Gasteiger partial charge in [-0.1, -0.05) is 25.1 Å². The zero-order valence-corrected chi connectivity index (χ0v) is 16.4. The first-order valence-electron chi connectivity index (χ1n) is 8.90. The smallest absolute Gasteiger partial charge is 0.264 e. The standard InChI is InChI=1S/C18H23F2N3O3S/c1-12(2)10-16-21-17(26-22-16)18(20)6-8-23(9-7-18)27(24,25)14-5-4-13(3)15(19)11-14/h4-5,11-12H,6-10H2,1-3H3. The highest BCUT2D eigenvalue weighted by Crippen LogP contribution is 2.37. The minimum absolute atomic E-state index is 0.0454. The molecule has 2 aromatic rings. The highest BCUT2D eigenvalue weighted by Gasteiger charge is 2.44. The molecule has 1 aromatic carbocycles. The lowest BCUT2D eigenvalue weighted by Crippen LogP contribution is -2.43. The number of aryl methyl sites for hydroxylation is 1. The zero-order valence-electron chi connectivity index (χ0n) is 15.6. The van der Waals surface area contributed by atoms with Crippen molar-refractivity contribution in [3.8, 4) is 0 Å². The van der Waals surface area contributed by atoms with Crippen molar-refractivity contribution in [2.24, 2.45) is 5.92 Å². The maximum atomic E-state index is 15.3. The summed E-state index contributed by atoms with van der Waals surface area (Å²) in [5, 5.41) is 3.81. The maximum absolute atomic E-state index is 15.3. The Hall–Kier alpha value is -1.87. The van der Waals surface area contributed by atoms with Gasteiger partial charge < -0.3 is 4.52 Å². The van der Waals surface area contributed by atoms with Crippen molar-refractivity contribution in [3.05, 3.63) is 41.3 Å². The van der Waals surface area contributed by atoms with E-state index < -0.39 is 21.5 Å². The molecular formula is C18H23F2N3O3S. The second-order valence-electron chi connectivity index (χ2n) is 7.39. The Bertz CT molecular complexity index is 920. The summed E-state index contributed by atoms with van der Waals surface area (Å²) in [6.45, 7) is 5.46. The lowest BCUT2D eigenvalue weighted by molar-refractivity contribution is 0.0511. The number of hydrogen-bond acceptors (Lipinski definition) is 5. The normalized spacial score (nSPS) is 18.1. The summed E-state index contributed by atoms with van der Waals surface area (Å²) in [6.07, 6.45) is 0.396. The molecule has 1 aliphatic heterocycles. The highest BCUT2D eigenvalue weighted by molar-refractivity contribution is 7.89. The van der Waals surface area contributed by atoms with Gasteiger partial charge in [0.05, 0.1) is 4.90 Å². The van der Waals surface area contributed by atoms with Gasteiger partial charge in [0.25, 0.3) is 5.89 Å². The summed E-state index contributed by atoms with van der Waals surface area (Å²) in [7, 11) is -3.88. The van der Waals surface area contributed by atoms with Gasteiger partial charge in [-0.3, -0.25) is 0 Å². The average molecular weight is 399 g/mol. The van der Waals surface area contributed by atoms with Crippen LogP contribution in [0.3, 0.4) is 0 Å². The van der Waals surface area contributed by atoms with Gasteiger partial charge in [0.1, 0.15) is 5.82 Å². The number of rotatable bonds is 5. The van der Waals surface area contributed by atoms with Gasteiger partial charge >= 0.3 is 0 Å². The summed E-state index contributed by atoms with van der Waals surface area (Å²) in [6, 6.07) is 3.78. The summed E-state index contributed by atoms with van der Waals surface area (Å²) in [5.74, 6) is 0.0724. The fourth-order valence-electron chi connectivity index (χ4n) is 3.06. The van der Waals surface area contributed by atoms with Crippen LogP contribution in [0.15, 0.2) is 27.6 Å². The van der Waals surface area contributed by atoms with Crippen LogP contribution in [0.2, 0.25) is 0 Å². The number of piperidine rings is 1. The number of alkyl halides is 1. The molecule has 9 heteroatoms. The third-order valence-electron chi connectivity index (χ3n) is 4.74. The summed E-state index contributed by atoms with van der Waals surface area (Å²) in [4.78, 5) is 4.01. The van der Waals surface area contributed by atoms with E-state index in [2.05, 4.69) is 10.1 Å². The third-order valence-corrected chi connectivity index (χ3v) is 6.63. The number of sulfonamides is 1. The molecule has 148 valence electrons. The molecule has 1 aromatic heterocycles. The molecule has 1 aliphatic rings.